The van der Waals surface area contributed by atoms with E-state index in [1.165, 1.54) is 0 Å². The van der Waals surface area contributed by atoms with Crippen LogP contribution in [0.1, 0.15) is 25.7 Å². The number of nitrogens with zero attached hydrogens (tertiary/aromatic N) is 1. The monoisotopic (exact) mass is 355 g/mol. The summed E-state index contributed by atoms with van der Waals surface area (Å²) < 4.78 is 43.2. The molecule has 0 bridgehead atoms. The van der Waals surface area contributed by atoms with E-state index in [4.69, 9.17) is 14.2 Å². The van der Waals surface area contributed by atoms with Crippen molar-refractivity contribution in [1.82, 2.24) is 4.31 Å². The molecule has 1 unspecified atom stereocenters. The average molecular weight is 355 g/mol. The molecule has 7 heteroatoms. The molecular weight excluding hydrogens is 330 g/mol. The smallest absolute Gasteiger partial charge is 0.216 e. The van der Waals surface area contributed by atoms with Gasteiger partial charge < -0.3 is 14.2 Å². The van der Waals surface area contributed by atoms with Crippen LogP contribution in [0.25, 0.3) is 0 Å². The summed E-state index contributed by atoms with van der Waals surface area (Å²) in [5, 5.41) is 0. The lowest BCUT2D eigenvalue weighted by Crippen LogP contribution is -2.43. The lowest BCUT2D eigenvalue weighted by molar-refractivity contribution is 0.0210. The van der Waals surface area contributed by atoms with Crippen molar-refractivity contribution in [2.45, 2.75) is 37.8 Å². The van der Waals surface area contributed by atoms with Crippen molar-refractivity contribution >= 4 is 10.0 Å². The molecule has 0 aromatic heterocycles. The number of ether oxygens (including phenoxy) is 3. The van der Waals surface area contributed by atoms with E-state index in [-0.39, 0.29) is 24.5 Å². The van der Waals surface area contributed by atoms with Gasteiger partial charge in [0, 0.05) is 12.6 Å². The third-order valence-corrected chi connectivity index (χ3v) is 6.51. The molecular formula is C17H25NO5S. The molecule has 1 aliphatic carbocycles. The Morgan fingerprint density at radius 1 is 1.17 bits per heavy atom. The van der Waals surface area contributed by atoms with Crippen LogP contribution in [0.4, 0.5) is 0 Å². The van der Waals surface area contributed by atoms with E-state index >= 15 is 0 Å². The molecule has 134 valence electrons. The molecule has 2 fully saturated rings. The Labute approximate surface area is 143 Å². The molecule has 0 spiro atoms. The number of hydrogen-bond acceptors (Lipinski definition) is 5. The maximum absolute atomic E-state index is 12.5. The minimum Gasteiger partial charge on any atom is -0.497 e. The van der Waals surface area contributed by atoms with Gasteiger partial charge in [0.2, 0.25) is 10.0 Å². The van der Waals surface area contributed by atoms with Crippen LogP contribution in [-0.2, 0) is 14.8 Å². The molecule has 3 rings (SSSR count). The fourth-order valence-corrected chi connectivity index (χ4v) is 4.93. The van der Waals surface area contributed by atoms with Crippen molar-refractivity contribution in [2.75, 3.05) is 32.6 Å². The van der Waals surface area contributed by atoms with Crippen molar-refractivity contribution in [3.63, 3.8) is 0 Å². The summed E-state index contributed by atoms with van der Waals surface area (Å²) in [6.45, 7) is 0.941. The molecule has 0 radical (unpaired) electrons. The van der Waals surface area contributed by atoms with Crippen molar-refractivity contribution < 1.29 is 22.6 Å². The molecule has 6 nitrogen and oxygen atoms in total. The van der Waals surface area contributed by atoms with Gasteiger partial charge in [0.05, 0.1) is 19.5 Å². The van der Waals surface area contributed by atoms with E-state index in [9.17, 15) is 8.42 Å². The van der Waals surface area contributed by atoms with E-state index in [0.29, 0.717) is 13.2 Å². The van der Waals surface area contributed by atoms with Crippen LogP contribution < -0.4 is 9.47 Å². The van der Waals surface area contributed by atoms with E-state index < -0.39 is 10.0 Å². The Hall–Kier alpha value is -1.31. The zero-order chi connectivity index (χ0) is 17.0. The highest BCUT2D eigenvalue weighted by molar-refractivity contribution is 7.89. The summed E-state index contributed by atoms with van der Waals surface area (Å²) in [7, 11) is -1.61. The van der Waals surface area contributed by atoms with Crippen LogP contribution in [0.3, 0.4) is 0 Å². The van der Waals surface area contributed by atoms with Crippen molar-refractivity contribution in [1.29, 1.82) is 0 Å². The minimum absolute atomic E-state index is 0.0581. The maximum Gasteiger partial charge on any atom is 0.216 e. The molecule has 1 saturated carbocycles. The number of sulfonamides is 1. The highest BCUT2D eigenvalue weighted by atomic mass is 32.2. The molecule has 0 amide bonds. The molecule has 1 atom stereocenters. The largest absolute Gasteiger partial charge is 0.497 e. The molecule has 1 aromatic rings. The third kappa shape index (κ3) is 4.20. The molecule has 1 aromatic carbocycles. The summed E-state index contributed by atoms with van der Waals surface area (Å²) in [5.74, 6) is 1.55. The Morgan fingerprint density at radius 2 is 1.83 bits per heavy atom. The van der Waals surface area contributed by atoms with Crippen LogP contribution >= 0.6 is 0 Å². The quantitative estimate of drug-likeness (QED) is 0.809. The third-order valence-electron chi connectivity index (χ3n) is 4.66. The van der Waals surface area contributed by atoms with Crippen LogP contribution in [0, 0.1) is 0 Å². The first-order valence-corrected chi connectivity index (χ1v) is 10.1. The van der Waals surface area contributed by atoms with Gasteiger partial charge in [-0.25, -0.2) is 8.42 Å². The Kier molecular flexibility index (Phi) is 5.63. The number of rotatable bonds is 5. The standard InChI is InChI=1S/C17H25NO5S/c1-21-15-6-8-16(9-7-15)23-13-17-12-18(14-4-2-3-5-14)24(19,20)11-10-22-17/h6-9,14,17H,2-5,10-13H2,1H3. The number of benzene rings is 1. The number of methoxy groups -OCH3 is 1. The highest BCUT2D eigenvalue weighted by Gasteiger charge is 2.36. The second-order valence-corrected chi connectivity index (χ2v) is 8.34. The van der Waals surface area contributed by atoms with Gasteiger partial charge in [-0.05, 0) is 37.1 Å². The second-order valence-electron chi connectivity index (χ2n) is 6.30. The van der Waals surface area contributed by atoms with Gasteiger partial charge in [-0.3, -0.25) is 0 Å². The lowest BCUT2D eigenvalue weighted by atomic mass is 10.2. The topological polar surface area (TPSA) is 65.1 Å². The van der Waals surface area contributed by atoms with Crippen LogP contribution in [0.2, 0.25) is 0 Å². The first-order valence-electron chi connectivity index (χ1n) is 8.46. The van der Waals surface area contributed by atoms with E-state index in [1.54, 1.807) is 11.4 Å². The number of hydrogen-bond donors (Lipinski definition) is 0. The average Bonchev–Trinajstić information content (AvgIpc) is 3.06. The van der Waals surface area contributed by atoms with Crippen LogP contribution in [0.5, 0.6) is 11.5 Å². The Balaban J connectivity index is 1.62. The van der Waals surface area contributed by atoms with Crippen molar-refractivity contribution in [3.05, 3.63) is 24.3 Å². The molecule has 2 aliphatic rings. The Bertz CT molecular complexity index is 625. The van der Waals surface area contributed by atoms with E-state index in [0.717, 1.165) is 37.2 Å². The molecule has 24 heavy (non-hydrogen) atoms. The van der Waals surface area contributed by atoms with Gasteiger partial charge in [0.15, 0.2) is 0 Å². The predicted octanol–water partition coefficient (Wildman–Crippen LogP) is 2.05. The van der Waals surface area contributed by atoms with Gasteiger partial charge in [0.25, 0.3) is 0 Å². The zero-order valence-corrected chi connectivity index (χ0v) is 14.8. The summed E-state index contributed by atoms with van der Waals surface area (Å²) in [6.07, 6.45) is 3.86. The lowest BCUT2D eigenvalue weighted by Gasteiger charge is -2.28. The molecule has 0 N–H and O–H groups in total. The molecule has 1 aliphatic heterocycles. The maximum atomic E-state index is 12.5. The molecule has 1 heterocycles. The summed E-state index contributed by atoms with van der Waals surface area (Å²) in [5.41, 5.74) is 0. The van der Waals surface area contributed by atoms with E-state index in [2.05, 4.69) is 0 Å². The van der Waals surface area contributed by atoms with Crippen LogP contribution in [0.15, 0.2) is 24.3 Å². The summed E-state index contributed by atoms with van der Waals surface area (Å²) in [4.78, 5) is 0. The first-order chi connectivity index (χ1) is 11.6. The fourth-order valence-electron chi connectivity index (χ4n) is 3.33. The van der Waals surface area contributed by atoms with Gasteiger partial charge in [-0.1, -0.05) is 12.8 Å². The van der Waals surface area contributed by atoms with Gasteiger partial charge in [0.1, 0.15) is 24.2 Å². The fraction of sp³-hybridized carbons (Fsp3) is 0.647. The summed E-state index contributed by atoms with van der Waals surface area (Å²) >= 11 is 0. The predicted molar refractivity (Wildman–Crippen MR) is 91.0 cm³/mol. The first kappa shape index (κ1) is 17.5. The Morgan fingerprint density at radius 3 is 2.50 bits per heavy atom. The van der Waals surface area contributed by atoms with Gasteiger partial charge in [-0.15, -0.1) is 0 Å². The second kappa shape index (κ2) is 7.72. The highest BCUT2D eigenvalue weighted by Crippen LogP contribution is 2.27. The SMILES string of the molecule is COc1ccc(OCC2CN(C3CCCC3)S(=O)(=O)CCO2)cc1. The molecule has 1 saturated heterocycles. The van der Waals surface area contributed by atoms with E-state index in [1.807, 2.05) is 24.3 Å². The minimum atomic E-state index is -3.23. The summed E-state index contributed by atoms with van der Waals surface area (Å²) in [6, 6.07) is 7.46. The normalized spacial score (nSPS) is 25.3. The van der Waals surface area contributed by atoms with Gasteiger partial charge >= 0.3 is 0 Å². The zero-order valence-electron chi connectivity index (χ0n) is 14.0. The van der Waals surface area contributed by atoms with Crippen molar-refractivity contribution in [2.24, 2.45) is 0 Å². The van der Waals surface area contributed by atoms with Gasteiger partial charge in [-0.2, -0.15) is 4.31 Å². The van der Waals surface area contributed by atoms with Crippen molar-refractivity contribution in [3.8, 4) is 11.5 Å². The van der Waals surface area contributed by atoms with Crippen LogP contribution in [-0.4, -0.2) is 57.5 Å².